The zero-order valence-corrected chi connectivity index (χ0v) is 8.74. The van der Waals surface area contributed by atoms with E-state index in [9.17, 15) is 9.70 Å². The number of aromatic nitrogens is 1. The Kier molecular flexibility index (Phi) is 5.07. The molecule has 0 radical (unpaired) electrons. The lowest BCUT2D eigenvalue weighted by Gasteiger charge is -2.10. The molecular weight excluding hydrogens is 210 g/mol. The van der Waals surface area contributed by atoms with Gasteiger partial charge in [-0.15, -0.1) is 4.91 Å². The fourth-order valence-electron chi connectivity index (χ4n) is 1.23. The van der Waals surface area contributed by atoms with Crippen LogP contribution in [0.3, 0.4) is 0 Å². The predicted octanol–water partition coefficient (Wildman–Crippen LogP) is 0.978. The Balaban J connectivity index is 2.34. The fraction of sp³-hybridized carbons (Fsp3) is 0.400. The van der Waals surface area contributed by atoms with Crippen molar-refractivity contribution in [2.24, 2.45) is 5.29 Å². The van der Waals surface area contributed by atoms with Crippen molar-refractivity contribution in [1.29, 1.82) is 0 Å². The first-order valence-electron chi connectivity index (χ1n) is 4.90. The van der Waals surface area contributed by atoms with Gasteiger partial charge in [0.2, 0.25) is 0 Å². The third kappa shape index (κ3) is 3.74. The van der Waals surface area contributed by atoms with E-state index in [2.05, 4.69) is 10.3 Å². The summed E-state index contributed by atoms with van der Waals surface area (Å²) in [6, 6.07) is 3.39. The van der Waals surface area contributed by atoms with Crippen LogP contribution in [-0.2, 0) is 0 Å². The molecule has 1 aromatic rings. The molecule has 0 aliphatic carbocycles. The number of ketones is 1. The van der Waals surface area contributed by atoms with Crippen molar-refractivity contribution in [3.8, 4) is 0 Å². The molecule has 6 heteroatoms. The van der Waals surface area contributed by atoms with Crippen LogP contribution in [0.4, 0.5) is 0 Å². The van der Waals surface area contributed by atoms with Gasteiger partial charge in [-0.05, 0) is 18.6 Å². The molecule has 16 heavy (non-hydrogen) atoms. The van der Waals surface area contributed by atoms with Crippen molar-refractivity contribution in [2.75, 3.05) is 13.3 Å². The first-order valence-corrected chi connectivity index (χ1v) is 4.90. The van der Waals surface area contributed by atoms with Crippen LogP contribution in [0.2, 0.25) is 0 Å². The zero-order valence-electron chi connectivity index (χ0n) is 8.74. The van der Waals surface area contributed by atoms with E-state index >= 15 is 0 Å². The first-order chi connectivity index (χ1) is 7.77. The van der Waals surface area contributed by atoms with Gasteiger partial charge >= 0.3 is 0 Å². The van der Waals surface area contributed by atoms with E-state index < -0.39 is 6.73 Å². The summed E-state index contributed by atoms with van der Waals surface area (Å²) in [5.41, 5.74) is 0.553. The summed E-state index contributed by atoms with van der Waals surface area (Å²) in [7, 11) is 0. The molecule has 0 aliphatic rings. The number of carbonyl (C=O) groups excluding carboxylic acids is 1. The molecule has 1 rings (SSSR count). The highest BCUT2D eigenvalue weighted by Crippen LogP contribution is 2.04. The van der Waals surface area contributed by atoms with E-state index in [4.69, 9.17) is 5.11 Å². The summed E-state index contributed by atoms with van der Waals surface area (Å²) in [6.07, 6.45) is 3.88. The summed E-state index contributed by atoms with van der Waals surface area (Å²) in [4.78, 5) is 25.5. The normalized spacial score (nSPS) is 9.81. The molecule has 0 aromatic carbocycles. The maximum absolute atomic E-state index is 11.6. The second-order valence-electron chi connectivity index (χ2n) is 3.22. The van der Waals surface area contributed by atoms with Crippen LogP contribution < -0.4 is 0 Å². The number of hydrogen-bond donors (Lipinski definition) is 1. The quantitative estimate of drug-likeness (QED) is 0.322. The van der Waals surface area contributed by atoms with Crippen molar-refractivity contribution in [2.45, 2.75) is 12.8 Å². The number of pyridine rings is 1. The van der Waals surface area contributed by atoms with Crippen molar-refractivity contribution >= 4 is 5.78 Å². The second-order valence-corrected chi connectivity index (χ2v) is 3.22. The van der Waals surface area contributed by atoms with Crippen LogP contribution in [0.1, 0.15) is 23.2 Å². The lowest BCUT2D eigenvalue weighted by atomic mass is 10.1. The molecule has 0 fully saturated rings. The molecule has 1 heterocycles. The molecule has 1 aromatic heterocycles. The van der Waals surface area contributed by atoms with Gasteiger partial charge in [0.05, 0.1) is 5.29 Å². The summed E-state index contributed by atoms with van der Waals surface area (Å²) < 4.78 is 0. The lowest BCUT2D eigenvalue weighted by molar-refractivity contribution is 0.0927. The van der Waals surface area contributed by atoms with E-state index in [0.29, 0.717) is 18.4 Å². The molecule has 6 nitrogen and oxygen atoms in total. The summed E-state index contributed by atoms with van der Waals surface area (Å²) in [5.74, 6) is -0.0307. The van der Waals surface area contributed by atoms with Crippen molar-refractivity contribution < 1.29 is 9.90 Å². The van der Waals surface area contributed by atoms with Gasteiger partial charge in [-0.25, -0.2) is 5.01 Å². The van der Waals surface area contributed by atoms with Crippen molar-refractivity contribution in [3.05, 3.63) is 35.0 Å². The number of rotatable bonds is 7. The minimum absolute atomic E-state index is 0.0307. The molecule has 86 valence electrons. The summed E-state index contributed by atoms with van der Waals surface area (Å²) >= 11 is 0. The first kappa shape index (κ1) is 12.3. The molecular formula is C10H13N3O3. The summed E-state index contributed by atoms with van der Waals surface area (Å²) in [5, 5.41) is 12.2. The fourth-order valence-corrected chi connectivity index (χ4v) is 1.23. The molecule has 0 amide bonds. The zero-order chi connectivity index (χ0) is 11.8. The highest BCUT2D eigenvalue weighted by Gasteiger charge is 2.07. The Labute approximate surface area is 92.9 Å². The Bertz CT molecular complexity index is 342. The Morgan fingerprint density at radius 1 is 1.56 bits per heavy atom. The van der Waals surface area contributed by atoms with E-state index in [1.807, 2.05) is 0 Å². The standard InChI is InChI=1S/C10H13N3O3/c14-8-13(12-16)6-2-4-10(15)9-3-1-5-11-7-9/h1,3,5,7,14H,2,4,6,8H2. The van der Waals surface area contributed by atoms with Gasteiger partial charge in [0, 0.05) is 30.9 Å². The van der Waals surface area contributed by atoms with Gasteiger partial charge in [0.1, 0.15) is 6.73 Å². The molecule has 0 spiro atoms. The lowest BCUT2D eigenvalue weighted by Crippen LogP contribution is -2.19. The van der Waals surface area contributed by atoms with E-state index in [0.717, 1.165) is 5.01 Å². The number of hydrogen-bond acceptors (Lipinski definition) is 5. The minimum atomic E-state index is -0.426. The average molecular weight is 223 g/mol. The van der Waals surface area contributed by atoms with E-state index in [1.54, 1.807) is 18.3 Å². The van der Waals surface area contributed by atoms with Crippen LogP contribution in [0.25, 0.3) is 0 Å². The maximum atomic E-state index is 11.6. The third-order valence-electron chi connectivity index (χ3n) is 2.08. The van der Waals surface area contributed by atoms with Crippen LogP contribution >= 0.6 is 0 Å². The van der Waals surface area contributed by atoms with Crippen LogP contribution in [-0.4, -0.2) is 34.2 Å². The van der Waals surface area contributed by atoms with E-state index in [1.165, 1.54) is 6.20 Å². The molecule has 0 unspecified atom stereocenters. The number of nitroso groups, excluding NO2 is 1. The van der Waals surface area contributed by atoms with Gasteiger partial charge in [-0.2, -0.15) is 0 Å². The number of aliphatic hydroxyl groups excluding tert-OH is 1. The smallest absolute Gasteiger partial charge is 0.164 e. The van der Waals surface area contributed by atoms with Gasteiger partial charge < -0.3 is 5.11 Å². The number of nitrogens with zero attached hydrogens (tertiary/aromatic N) is 3. The second kappa shape index (κ2) is 6.62. The highest BCUT2D eigenvalue weighted by atomic mass is 16.3. The Morgan fingerprint density at radius 2 is 2.38 bits per heavy atom. The molecule has 0 atom stereocenters. The molecule has 0 saturated carbocycles. The van der Waals surface area contributed by atoms with Gasteiger partial charge in [0.25, 0.3) is 0 Å². The van der Waals surface area contributed by atoms with Gasteiger partial charge in [0.15, 0.2) is 5.78 Å². The number of aliphatic hydroxyl groups is 1. The van der Waals surface area contributed by atoms with Crippen LogP contribution in [0.15, 0.2) is 29.8 Å². The van der Waals surface area contributed by atoms with Crippen molar-refractivity contribution in [3.63, 3.8) is 0 Å². The highest BCUT2D eigenvalue weighted by molar-refractivity contribution is 5.95. The minimum Gasteiger partial charge on any atom is -0.375 e. The van der Waals surface area contributed by atoms with Gasteiger partial charge in [-0.3, -0.25) is 9.78 Å². The summed E-state index contributed by atoms with van der Waals surface area (Å²) in [6.45, 7) is -0.156. The van der Waals surface area contributed by atoms with Crippen LogP contribution in [0.5, 0.6) is 0 Å². The van der Waals surface area contributed by atoms with Gasteiger partial charge in [-0.1, -0.05) is 0 Å². The van der Waals surface area contributed by atoms with Crippen LogP contribution in [0, 0.1) is 4.91 Å². The molecule has 0 bridgehead atoms. The Morgan fingerprint density at radius 3 is 2.94 bits per heavy atom. The topological polar surface area (TPSA) is 82.9 Å². The maximum Gasteiger partial charge on any atom is 0.164 e. The van der Waals surface area contributed by atoms with E-state index in [-0.39, 0.29) is 12.3 Å². The largest absolute Gasteiger partial charge is 0.375 e. The monoisotopic (exact) mass is 223 g/mol. The molecule has 0 saturated heterocycles. The van der Waals surface area contributed by atoms with Crippen molar-refractivity contribution in [1.82, 2.24) is 9.99 Å². The SMILES string of the molecule is O=NN(CO)CCCC(=O)c1cccnc1. The number of carbonyl (C=O) groups is 1. The Hall–Kier alpha value is -1.82. The number of Topliss-reactive ketones (excluding diaryl/α,β-unsaturated/α-hetero) is 1. The molecule has 0 aliphatic heterocycles. The molecule has 1 N–H and O–H groups in total. The predicted molar refractivity (Wildman–Crippen MR) is 57.4 cm³/mol. The third-order valence-corrected chi connectivity index (χ3v) is 2.08. The average Bonchev–Trinajstić information content (AvgIpc) is 2.35.